The zero-order chi connectivity index (χ0) is 21.0. The Morgan fingerprint density at radius 3 is 2.38 bits per heavy atom. The van der Waals surface area contributed by atoms with E-state index < -0.39 is 6.03 Å². The average molecular weight is 399 g/mol. The van der Waals surface area contributed by atoms with Crippen molar-refractivity contribution in [2.75, 3.05) is 37.6 Å². The van der Waals surface area contributed by atoms with Crippen LogP contribution >= 0.6 is 0 Å². The van der Waals surface area contributed by atoms with Gasteiger partial charge in [0.2, 0.25) is 0 Å². The number of para-hydroxylation sites is 1. The third kappa shape index (κ3) is 5.22. The highest BCUT2D eigenvalue weighted by molar-refractivity contribution is 6.00. The topological polar surface area (TPSA) is 78.6 Å². The van der Waals surface area contributed by atoms with Crippen molar-refractivity contribution in [3.8, 4) is 0 Å². The van der Waals surface area contributed by atoms with Crippen LogP contribution in [-0.4, -0.2) is 64.6 Å². The van der Waals surface area contributed by atoms with Crippen LogP contribution in [0.15, 0.2) is 24.3 Å². The standard InChI is InChI=1S/C22H34N6O/c1-5-17(4)14-26-10-12-27(13-11-26)15-20-24-19-9-7-6-8-18(19)21(25-20)28(16(2)3)22(23)29/h6-9,16-17H,5,10-15H2,1-4H3,(H2,23,29). The summed E-state index contributed by atoms with van der Waals surface area (Å²) >= 11 is 0. The molecule has 0 radical (unpaired) electrons. The Hall–Kier alpha value is -2.25. The van der Waals surface area contributed by atoms with Crippen molar-refractivity contribution in [2.24, 2.45) is 11.7 Å². The molecule has 2 N–H and O–H groups in total. The fourth-order valence-electron chi connectivity index (χ4n) is 3.86. The smallest absolute Gasteiger partial charge is 0.320 e. The first-order valence-electron chi connectivity index (χ1n) is 10.7. The molecule has 1 fully saturated rings. The van der Waals surface area contributed by atoms with E-state index in [1.807, 2.05) is 38.1 Å². The van der Waals surface area contributed by atoms with Crippen LogP contribution in [0.1, 0.15) is 39.9 Å². The summed E-state index contributed by atoms with van der Waals surface area (Å²) in [5.74, 6) is 2.08. The third-order valence-electron chi connectivity index (χ3n) is 5.71. The molecule has 0 bridgehead atoms. The molecule has 1 aliphatic heterocycles. The maximum Gasteiger partial charge on any atom is 0.320 e. The first kappa shape index (κ1) is 21.5. The first-order chi connectivity index (χ1) is 13.9. The molecule has 1 aromatic carbocycles. The van der Waals surface area contributed by atoms with Gasteiger partial charge in [0.15, 0.2) is 0 Å². The molecule has 1 atom stereocenters. The van der Waals surface area contributed by atoms with Crippen LogP contribution in [0, 0.1) is 5.92 Å². The van der Waals surface area contributed by atoms with Gasteiger partial charge in [-0.25, -0.2) is 14.8 Å². The molecule has 2 heterocycles. The van der Waals surface area contributed by atoms with Gasteiger partial charge in [-0.05, 0) is 31.9 Å². The van der Waals surface area contributed by atoms with Crippen molar-refractivity contribution < 1.29 is 4.79 Å². The lowest BCUT2D eigenvalue weighted by atomic mass is 10.1. The maximum absolute atomic E-state index is 12.1. The fourth-order valence-corrected chi connectivity index (χ4v) is 3.86. The molecule has 7 heteroatoms. The number of rotatable bonds is 7. The second-order valence-corrected chi connectivity index (χ2v) is 8.37. The van der Waals surface area contributed by atoms with Crippen molar-refractivity contribution in [1.82, 2.24) is 19.8 Å². The van der Waals surface area contributed by atoms with Gasteiger partial charge in [-0.15, -0.1) is 0 Å². The molecule has 0 spiro atoms. The normalized spacial score (nSPS) is 17.0. The van der Waals surface area contributed by atoms with Gasteiger partial charge in [0.25, 0.3) is 0 Å². The highest BCUT2D eigenvalue weighted by Crippen LogP contribution is 2.26. The highest BCUT2D eigenvalue weighted by Gasteiger charge is 2.23. The second-order valence-electron chi connectivity index (χ2n) is 8.37. The van der Waals surface area contributed by atoms with Crippen molar-refractivity contribution in [1.29, 1.82) is 0 Å². The number of urea groups is 1. The van der Waals surface area contributed by atoms with Gasteiger partial charge < -0.3 is 10.6 Å². The lowest BCUT2D eigenvalue weighted by Gasteiger charge is -2.35. The van der Waals surface area contributed by atoms with Gasteiger partial charge in [0, 0.05) is 44.2 Å². The Morgan fingerprint density at radius 2 is 1.76 bits per heavy atom. The minimum Gasteiger partial charge on any atom is -0.351 e. The number of nitrogens with two attached hydrogens (primary N) is 1. The number of hydrogen-bond acceptors (Lipinski definition) is 5. The van der Waals surface area contributed by atoms with Gasteiger partial charge in [-0.1, -0.05) is 32.4 Å². The van der Waals surface area contributed by atoms with E-state index in [1.54, 1.807) is 4.90 Å². The second kappa shape index (κ2) is 9.50. The van der Waals surface area contributed by atoms with Crippen LogP contribution in [0.3, 0.4) is 0 Å². The molecule has 2 amide bonds. The number of carbonyl (C=O) groups excluding carboxylic acids is 1. The summed E-state index contributed by atoms with van der Waals surface area (Å²) in [6.07, 6.45) is 1.22. The molecule has 3 rings (SSSR count). The molecule has 1 saturated heterocycles. The van der Waals surface area contributed by atoms with Crippen LogP contribution in [0.4, 0.5) is 10.6 Å². The number of nitrogens with zero attached hydrogens (tertiary/aromatic N) is 5. The summed E-state index contributed by atoms with van der Waals surface area (Å²) < 4.78 is 0. The van der Waals surface area contributed by atoms with Gasteiger partial charge in [0.1, 0.15) is 11.6 Å². The van der Waals surface area contributed by atoms with Gasteiger partial charge in [0.05, 0.1) is 12.1 Å². The zero-order valence-electron chi connectivity index (χ0n) is 18.1. The van der Waals surface area contributed by atoms with Gasteiger partial charge in [-0.3, -0.25) is 9.80 Å². The first-order valence-corrected chi connectivity index (χ1v) is 10.7. The molecule has 7 nitrogen and oxygen atoms in total. The summed E-state index contributed by atoms with van der Waals surface area (Å²) in [4.78, 5) is 28.1. The summed E-state index contributed by atoms with van der Waals surface area (Å²) in [6.45, 7) is 14.5. The predicted molar refractivity (Wildman–Crippen MR) is 118 cm³/mol. The summed E-state index contributed by atoms with van der Waals surface area (Å²) in [7, 11) is 0. The molecule has 158 valence electrons. The Bertz CT molecular complexity index is 831. The Labute approximate surface area is 173 Å². The summed E-state index contributed by atoms with van der Waals surface area (Å²) in [6, 6.07) is 7.23. The Kier molecular flexibility index (Phi) is 7.03. The van der Waals surface area contributed by atoms with E-state index in [1.165, 1.54) is 13.0 Å². The van der Waals surface area contributed by atoms with E-state index in [-0.39, 0.29) is 6.04 Å². The number of piperazine rings is 1. The van der Waals surface area contributed by atoms with E-state index in [0.717, 1.165) is 48.8 Å². The van der Waals surface area contributed by atoms with E-state index in [0.29, 0.717) is 12.4 Å². The minimum absolute atomic E-state index is 0.0808. The van der Waals surface area contributed by atoms with Crippen molar-refractivity contribution in [3.05, 3.63) is 30.1 Å². The number of fused-ring (bicyclic) bond motifs is 1. The van der Waals surface area contributed by atoms with Crippen molar-refractivity contribution >= 4 is 22.8 Å². The Morgan fingerprint density at radius 1 is 1.10 bits per heavy atom. The van der Waals surface area contributed by atoms with Crippen LogP contribution in [0.5, 0.6) is 0 Å². The average Bonchev–Trinajstić information content (AvgIpc) is 2.69. The minimum atomic E-state index is -0.492. The number of amides is 2. The maximum atomic E-state index is 12.1. The molecule has 2 aromatic rings. The predicted octanol–water partition coefficient (Wildman–Crippen LogP) is 3.09. The highest BCUT2D eigenvalue weighted by atomic mass is 16.2. The molecule has 0 saturated carbocycles. The van der Waals surface area contributed by atoms with Crippen LogP contribution in [0.25, 0.3) is 10.9 Å². The van der Waals surface area contributed by atoms with E-state index in [9.17, 15) is 4.79 Å². The van der Waals surface area contributed by atoms with E-state index >= 15 is 0 Å². The quantitative estimate of drug-likeness (QED) is 0.775. The molecular formula is C22H34N6O. The fraction of sp³-hybridized carbons (Fsp3) is 0.591. The number of primary amides is 1. The largest absolute Gasteiger partial charge is 0.351 e. The van der Waals surface area contributed by atoms with Crippen molar-refractivity contribution in [3.63, 3.8) is 0 Å². The SMILES string of the molecule is CCC(C)CN1CCN(Cc2nc(N(C(N)=O)C(C)C)c3ccccc3n2)CC1. The lowest BCUT2D eigenvalue weighted by Crippen LogP contribution is -2.47. The van der Waals surface area contributed by atoms with Gasteiger partial charge in [-0.2, -0.15) is 0 Å². The number of anilines is 1. The van der Waals surface area contributed by atoms with Crippen LogP contribution in [-0.2, 0) is 6.54 Å². The number of aromatic nitrogens is 2. The summed E-state index contributed by atoms with van der Waals surface area (Å²) in [5.41, 5.74) is 6.51. The van der Waals surface area contributed by atoms with E-state index in [2.05, 4.69) is 23.6 Å². The molecule has 1 aliphatic rings. The number of hydrogen-bond donors (Lipinski definition) is 1. The lowest BCUT2D eigenvalue weighted by molar-refractivity contribution is 0.113. The molecular weight excluding hydrogens is 364 g/mol. The monoisotopic (exact) mass is 398 g/mol. The molecule has 0 aliphatic carbocycles. The number of benzene rings is 1. The third-order valence-corrected chi connectivity index (χ3v) is 5.71. The zero-order valence-corrected chi connectivity index (χ0v) is 18.1. The summed E-state index contributed by atoms with van der Waals surface area (Å²) in [5, 5.41) is 0.849. The Balaban J connectivity index is 1.79. The van der Waals surface area contributed by atoms with Crippen LogP contribution in [0.2, 0.25) is 0 Å². The molecule has 29 heavy (non-hydrogen) atoms. The molecule has 1 unspecified atom stereocenters. The van der Waals surface area contributed by atoms with Gasteiger partial charge >= 0.3 is 6.03 Å². The molecule has 1 aromatic heterocycles. The van der Waals surface area contributed by atoms with E-state index in [4.69, 9.17) is 15.7 Å². The van der Waals surface area contributed by atoms with Crippen LogP contribution < -0.4 is 10.6 Å². The van der Waals surface area contributed by atoms with Crippen molar-refractivity contribution in [2.45, 2.75) is 46.7 Å². The number of carbonyl (C=O) groups is 1.